The monoisotopic (exact) mass is 203 g/mol. The van der Waals surface area contributed by atoms with E-state index in [1.54, 1.807) is 0 Å². The van der Waals surface area contributed by atoms with Crippen molar-refractivity contribution in [2.45, 2.75) is 25.8 Å². The molecule has 1 aliphatic rings. The Labute approximate surface area is 90.6 Å². The van der Waals surface area contributed by atoms with Gasteiger partial charge in [0.25, 0.3) is 0 Å². The maximum absolute atomic E-state index is 5.91. The van der Waals surface area contributed by atoms with Crippen molar-refractivity contribution in [1.29, 1.82) is 0 Å². The van der Waals surface area contributed by atoms with Crippen molar-refractivity contribution in [2.75, 3.05) is 11.4 Å². The van der Waals surface area contributed by atoms with Crippen LogP contribution in [0.3, 0.4) is 0 Å². The lowest BCUT2D eigenvalue weighted by molar-refractivity contribution is 0.632. The Morgan fingerprint density at radius 1 is 1.40 bits per heavy atom. The summed E-state index contributed by atoms with van der Waals surface area (Å²) in [5.41, 5.74) is 7.06. The Morgan fingerprint density at radius 3 is 2.80 bits per heavy atom. The predicted molar refractivity (Wildman–Crippen MR) is 64.1 cm³/mol. The number of nitrogens with zero attached hydrogens (tertiary/aromatic N) is 2. The number of aliphatic imine (C=N–C) groups is 1. The van der Waals surface area contributed by atoms with E-state index in [9.17, 15) is 0 Å². The number of nitrogens with two attached hydrogens (primary N) is 1. The highest BCUT2D eigenvalue weighted by Gasteiger charge is 2.25. The number of hydrogen-bond donors (Lipinski definition) is 1. The lowest BCUT2D eigenvalue weighted by Gasteiger charge is -2.25. The Hall–Kier alpha value is -1.51. The molecule has 0 saturated carbocycles. The van der Waals surface area contributed by atoms with Gasteiger partial charge in [0.05, 0.1) is 12.6 Å². The van der Waals surface area contributed by atoms with Gasteiger partial charge in [-0.05, 0) is 18.6 Å². The van der Waals surface area contributed by atoms with E-state index >= 15 is 0 Å². The smallest absolute Gasteiger partial charge is 0.196 e. The highest BCUT2D eigenvalue weighted by molar-refractivity contribution is 5.97. The van der Waals surface area contributed by atoms with E-state index in [1.807, 2.05) is 18.2 Å². The molecule has 0 amide bonds. The average molecular weight is 203 g/mol. The second-order valence-electron chi connectivity index (χ2n) is 3.85. The SMILES string of the molecule is CCCC1CN=C(N)N1c1ccccc1. The fraction of sp³-hybridized carbons (Fsp3) is 0.417. The van der Waals surface area contributed by atoms with Crippen molar-refractivity contribution in [2.24, 2.45) is 10.7 Å². The highest BCUT2D eigenvalue weighted by atomic mass is 15.3. The van der Waals surface area contributed by atoms with Gasteiger partial charge in [-0.25, -0.2) is 0 Å². The van der Waals surface area contributed by atoms with Crippen LogP contribution in [0.25, 0.3) is 0 Å². The normalized spacial score (nSPS) is 20.5. The molecule has 1 aromatic rings. The van der Waals surface area contributed by atoms with Gasteiger partial charge in [0.2, 0.25) is 0 Å². The van der Waals surface area contributed by atoms with Crippen molar-refractivity contribution in [3.63, 3.8) is 0 Å². The molecule has 0 aliphatic carbocycles. The molecule has 0 aromatic heterocycles. The second-order valence-corrected chi connectivity index (χ2v) is 3.85. The van der Waals surface area contributed by atoms with Crippen molar-refractivity contribution in [3.8, 4) is 0 Å². The molecule has 1 atom stereocenters. The molecule has 1 heterocycles. The number of rotatable bonds is 3. The van der Waals surface area contributed by atoms with Crippen LogP contribution in [0, 0.1) is 0 Å². The third-order valence-electron chi connectivity index (χ3n) is 2.73. The molecule has 0 fully saturated rings. The summed E-state index contributed by atoms with van der Waals surface area (Å²) >= 11 is 0. The van der Waals surface area contributed by atoms with Crippen molar-refractivity contribution >= 4 is 11.6 Å². The van der Waals surface area contributed by atoms with Gasteiger partial charge in [-0.3, -0.25) is 4.99 Å². The van der Waals surface area contributed by atoms with Crippen molar-refractivity contribution in [3.05, 3.63) is 30.3 Å². The van der Waals surface area contributed by atoms with E-state index in [4.69, 9.17) is 5.73 Å². The van der Waals surface area contributed by atoms with Gasteiger partial charge >= 0.3 is 0 Å². The zero-order valence-corrected chi connectivity index (χ0v) is 9.06. The quantitative estimate of drug-likeness (QED) is 0.816. The fourth-order valence-corrected chi connectivity index (χ4v) is 2.03. The summed E-state index contributed by atoms with van der Waals surface area (Å²) in [5.74, 6) is 0.652. The summed E-state index contributed by atoms with van der Waals surface area (Å²) in [7, 11) is 0. The molecular weight excluding hydrogens is 186 g/mol. The summed E-state index contributed by atoms with van der Waals surface area (Å²) in [4.78, 5) is 6.46. The molecule has 15 heavy (non-hydrogen) atoms. The second kappa shape index (κ2) is 4.34. The van der Waals surface area contributed by atoms with Crippen LogP contribution in [0.1, 0.15) is 19.8 Å². The zero-order valence-electron chi connectivity index (χ0n) is 9.06. The minimum absolute atomic E-state index is 0.442. The van der Waals surface area contributed by atoms with Gasteiger partial charge in [0.15, 0.2) is 5.96 Å². The Kier molecular flexibility index (Phi) is 2.90. The molecule has 1 aromatic carbocycles. The Morgan fingerprint density at radius 2 is 2.13 bits per heavy atom. The zero-order chi connectivity index (χ0) is 10.7. The van der Waals surface area contributed by atoms with Crippen LogP contribution in [0.2, 0.25) is 0 Å². The molecule has 0 spiro atoms. The first kappa shape index (κ1) is 10.0. The maximum atomic E-state index is 5.91. The largest absolute Gasteiger partial charge is 0.370 e. The number of anilines is 1. The van der Waals surface area contributed by atoms with Crippen LogP contribution >= 0.6 is 0 Å². The van der Waals surface area contributed by atoms with Crippen LogP contribution in [-0.2, 0) is 0 Å². The maximum Gasteiger partial charge on any atom is 0.196 e. The summed E-state index contributed by atoms with van der Waals surface area (Å²) < 4.78 is 0. The molecule has 2 N–H and O–H groups in total. The third kappa shape index (κ3) is 1.96. The third-order valence-corrected chi connectivity index (χ3v) is 2.73. The first-order valence-corrected chi connectivity index (χ1v) is 5.47. The van der Waals surface area contributed by atoms with E-state index in [-0.39, 0.29) is 0 Å². The molecule has 2 rings (SSSR count). The summed E-state index contributed by atoms with van der Waals surface area (Å²) in [6.07, 6.45) is 2.30. The van der Waals surface area contributed by atoms with Crippen LogP contribution in [-0.4, -0.2) is 18.5 Å². The molecule has 80 valence electrons. The fourth-order valence-electron chi connectivity index (χ4n) is 2.03. The summed E-state index contributed by atoms with van der Waals surface area (Å²) in [6, 6.07) is 10.7. The van der Waals surface area contributed by atoms with Gasteiger partial charge < -0.3 is 10.6 Å². The minimum atomic E-state index is 0.442. The average Bonchev–Trinajstić information content (AvgIpc) is 2.62. The van der Waals surface area contributed by atoms with E-state index < -0.39 is 0 Å². The summed E-state index contributed by atoms with van der Waals surface area (Å²) in [5, 5.41) is 0. The van der Waals surface area contributed by atoms with Gasteiger partial charge in [0.1, 0.15) is 0 Å². The Bertz CT molecular complexity index is 345. The topological polar surface area (TPSA) is 41.6 Å². The van der Waals surface area contributed by atoms with E-state index in [1.165, 1.54) is 0 Å². The first-order chi connectivity index (χ1) is 7.33. The molecule has 0 radical (unpaired) electrons. The number of guanidine groups is 1. The van der Waals surface area contributed by atoms with Crippen LogP contribution in [0.15, 0.2) is 35.3 Å². The van der Waals surface area contributed by atoms with Gasteiger partial charge in [-0.1, -0.05) is 31.5 Å². The lowest BCUT2D eigenvalue weighted by Crippen LogP contribution is -2.40. The van der Waals surface area contributed by atoms with Crippen molar-refractivity contribution in [1.82, 2.24) is 0 Å². The van der Waals surface area contributed by atoms with Crippen molar-refractivity contribution < 1.29 is 0 Å². The molecule has 3 nitrogen and oxygen atoms in total. The Balaban J connectivity index is 2.22. The minimum Gasteiger partial charge on any atom is -0.370 e. The van der Waals surface area contributed by atoms with E-state index in [0.29, 0.717) is 12.0 Å². The molecule has 1 unspecified atom stereocenters. The predicted octanol–water partition coefficient (Wildman–Crippen LogP) is 1.99. The highest BCUT2D eigenvalue weighted by Crippen LogP contribution is 2.22. The molecular formula is C12H17N3. The lowest BCUT2D eigenvalue weighted by atomic mass is 10.1. The van der Waals surface area contributed by atoms with E-state index in [2.05, 4.69) is 28.9 Å². The molecule has 0 saturated heterocycles. The van der Waals surface area contributed by atoms with Crippen LogP contribution < -0.4 is 10.6 Å². The first-order valence-electron chi connectivity index (χ1n) is 5.47. The van der Waals surface area contributed by atoms with Crippen LogP contribution in [0.4, 0.5) is 5.69 Å². The van der Waals surface area contributed by atoms with Gasteiger partial charge in [-0.15, -0.1) is 0 Å². The standard InChI is InChI=1S/C12H17N3/c1-2-6-11-9-14-12(13)15(11)10-7-4-3-5-8-10/h3-5,7-8,11H,2,6,9H2,1H3,(H2,13,14). The number of hydrogen-bond acceptors (Lipinski definition) is 3. The van der Waals surface area contributed by atoms with E-state index in [0.717, 1.165) is 25.1 Å². The van der Waals surface area contributed by atoms with Gasteiger partial charge in [0, 0.05) is 5.69 Å². The number of benzene rings is 1. The molecule has 1 aliphatic heterocycles. The summed E-state index contributed by atoms with van der Waals surface area (Å²) in [6.45, 7) is 3.02. The van der Waals surface area contributed by atoms with Gasteiger partial charge in [-0.2, -0.15) is 0 Å². The van der Waals surface area contributed by atoms with Crippen LogP contribution in [0.5, 0.6) is 0 Å². The number of para-hydroxylation sites is 1. The molecule has 0 bridgehead atoms. The molecule has 3 heteroatoms.